The topological polar surface area (TPSA) is 86.7 Å². The summed E-state index contributed by atoms with van der Waals surface area (Å²) in [5.74, 6) is 2.85. The van der Waals surface area contributed by atoms with Crippen LogP contribution in [0.5, 0.6) is 0 Å². The average Bonchev–Trinajstić information content (AvgIpc) is 3.50. The van der Waals surface area contributed by atoms with Gasteiger partial charge in [0.2, 0.25) is 0 Å². The van der Waals surface area contributed by atoms with Crippen molar-refractivity contribution in [1.29, 1.82) is 0 Å². The first-order valence-electron chi connectivity index (χ1n) is 14.1. The van der Waals surface area contributed by atoms with Gasteiger partial charge in [-0.05, 0) is 93.2 Å². The molecule has 1 heterocycles. The lowest BCUT2D eigenvalue weighted by Crippen LogP contribution is -2.56. The Labute approximate surface area is 219 Å². The molecular weight excluding hydrogens is 488 g/mol. The maximum absolute atomic E-state index is 13.0. The summed E-state index contributed by atoms with van der Waals surface area (Å²) in [6, 6.07) is 6.74. The lowest BCUT2D eigenvalue weighted by Gasteiger charge is -2.58. The first-order valence-corrected chi connectivity index (χ1v) is 15.5. The molecule has 1 spiro atoms. The summed E-state index contributed by atoms with van der Waals surface area (Å²) in [6.07, 6.45) is 8.77. The van der Waals surface area contributed by atoms with Crippen molar-refractivity contribution in [3.8, 4) is 0 Å². The Morgan fingerprint density at radius 1 is 1.00 bits per heavy atom. The molecule has 0 bridgehead atoms. The van der Waals surface area contributed by atoms with E-state index in [1.165, 1.54) is 0 Å². The van der Waals surface area contributed by atoms with Gasteiger partial charge in [0.05, 0.1) is 11.5 Å². The molecule has 1 aromatic rings. The summed E-state index contributed by atoms with van der Waals surface area (Å²) in [4.78, 5) is 25.0. The fraction of sp³-hybridized carbons (Fsp3) is 0.667. The Bertz CT molecular complexity index is 1300. The van der Waals surface area contributed by atoms with E-state index in [-0.39, 0.29) is 40.2 Å². The molecule has 0 aromatic heterocycles. The maximum atomic E-state index is 13.0. The quantitative estimate of drug-likeness (QED) is 0.407. The van der Waals surface area contributed by atoms with Gasteiger partial charge >= 0.3 is 5.97 Å². The molecule has 0 amide bonds. The highest BCUT2D eigenvalue weighted by molar-refractivity contribution is 7.86. The van der Waals surface area contributed by atoms with E-state index in [4.69, 9.17) is 8.92 Å². The fourth-order valence-electron chi connectivity index (χ4n) is 9.80. The first kappa shape index (κ1) is 24.1. The van der Waals surface area contributed by atoms with Gasteiger partial charge in [0, 0.05) is 30.1 Å². The van der Waals surface area contributed by atoms with E-state index in [1.54, 1.807) is 24.3 Å². The number of ketones is 1. The number of rotatable bonds is 4. The van der Waals surface area contributed by atoms with Gasteiger partial charge in [0.25, 0.3) is 10.1 Å². The fourth-order valence-corrected chi connectivity index (χ4v) is 10.8. The molecule has 37 heavy (non-hydrogen) atoms. The lowest BCUT2D eigenvalue weighted by molar-refractivity contribution is -0.175. The van der Waals surface area contributed by atoms with E-state index in [1.807, 2.05) is 13.0 Å². The predicted octanol–water partition coefficient (Wildman–Crippen LogP) is 5.00. The second-order valence-corrected chi connectivity index (χ2v) is 14.5. The van der Waals surface area contributed by atoms with Gasteiger partial charge in [-0.3, -0.25) is 13.8 Å². The Hall–Kier alpha value is -1.99. The summed E-state index contributed by atoms with van der Waals surface area (Å²) in [5.41, 5.74) is 1.79. The van der Waals surface area contributed by atoms with Crippen LogP contribution < -0.4 is 0 Å². The molecule has 7 heteroatoms. The normalized spacial score (nSPS) is 43.9. The van der Waals surface area contributed by atoms with Crippen molar-refractivity contribution < 1.29 is 26.9 Å². The third kappa shape index (κ3) is 3.42. The largest absolute Gasteiger partial charge is 0.458 e. The Morgan fingerprint density at radius 3 is 2.51 bits per heavy atom. The highest BCUT2D eigenvalue weighted by Gasteiger charge is 2.78. The minimum Gasteiger partial charge on any atom is -0.458 e. The number of hydrogen-bond donors (Lipinski definition) is 0. The van der Waals surface area contributed by atoms with Crippen LogP contribution in [-0.2, 0) is 28.6 Å². The monoisotopic (exact) mass is 524 g/mol. The van der Waals surface area contributed by atoms with Crippen molar-refractivity contribution >= 4 is 21.9 Å². The number of benzene rings is 1. The van der Waals surface area contributed by atoms with E-state index in [2.05, 4.69) is 6.92 Å². The van der Waals surface area contributed by atoms with Crippen molar-refractivity contribution in [1.82, 2.24) is 0 Å². The molecule has 7 rings (SSSR count). The van der Waals surface area contributed by atoms with Crippen molar-refractivity contribution in [2.45, 2.75) is 75.7 Å². The molecule has 6 unspecified atom stereocenters. The second kappa shape index (κ2) is 8.01. The average molecular weight is 525 g/mol. The van der Waals surface area contributed by atoms with Crippen LogP contribution in [0.2, 0.25) is 0 Å². The highest BCUT2D eigenvalue weighted by atomic mass is 32.2. The van der Waals surface area contributed by atoms with Crippen LogP contribution in [-0.4, -0.2) is 32.4 Å². The molecule has 5 fully saturated rings. The molecule has 5 aliphatic carbocycles. The van der Waals surface area contributed by atoms with Crippen molar-refractivity contribution in [2.75, 3.05) is 6.61 Å². The minimum atomic E-state index is -3.88. The third-order valence-electron chi connectivity index (χ3n) is 11.3. The van der Waals surface area contributed by atoms with Crippen molar-refractivity contribution in [3.63, 3.8) is 0 Å². The zero-order valence-corrected chi connectivity index (χ0v) is 22.5. The number of carbonyl (C=O) groups excluding carboxylic acids is 2. The molecule has 198 valence electrons. The zero-order chi connectivity index (χ0) is 25.7. The van der Waals surface area contributed by atoms with Gasteiger partial charge in [0.15, 0.2) is 5.78 Å². The SMILES string of the molecule is Cc1ccc(S(=O)(=O)OCC2CC3C(CCC4(C)C3[C@H]3C[C@H]3[C@@]43CCC(=O)O3)C3CCC(=O)C=C23)cc1. The number of esters is 1. The molecular formula is C30H36O6S. The second-order valence-electron chi connectivity index (χ2n) is 12.9. The molecule has 1 saturated heterocycles. The Kier molecular flexibility index (Phi) is 5.21. The minimum absolute atomic E-state index is 0.0149. The van der Waals surface area contributed by atoms with Gasteiger partial charge in [-0.15, -0.1) is 0 Å². The van der Waals surface area contributed by atoms with E-state index in [0.29, 0.717) is 48.3 Å². The number of aryl methyl sites for hydroxylation is 1. The van der Waals surface area contributed by atoms with Gasteiger partial charge < -0.3 is 4.74 Å². The van der Waals surface area contributed by atoms with Crippen LogP contribution >= 0.6 is 0 Å². The van der Waals surface area contributed by atoms with Crippen LogP contribution in [0, 0.1) is 53.8 Å². The number of fused-ring (bicyclic) bond motifs is 9. The number of hydrogen-bond acceptors (Lipinski definition) is 6. The van der Waals surface area contributed by atoms with Crippen LogP contribution in [0.1, 0.15) is 63.9 Å². The molecule has 0 radical (unpaired) electrons. The summed E-state index contributed by atoms with van der Waals surface area (Å²) in [5, 5.41) is 0. The van der Waals surface area contributed by atoms with E-state index in [9.17, 15) is 18.0 Å². The third-order valence-corrected chi connectivity index (χ3v) is 12.6. The van der Waals surface area contributed by atoms with E-state index >= 15 is 0 Å². The Balaban J connectivity index is 1.19. The molecule has 9 atom stereocenters. The molecule has 6 aliphatic rings. The summed E-state index contributed by atoms with van der Waals surface area (Å²) in [7, 11) is -3.88. The molecule has 1 aliphatic heterocycles. The molecule has 0 N–H and O–H groups in total. The summed E-state index contributed by atoms with van der Waals surface area (Å²) < 4.78 is 38.0. The van der Waals surface area contributed by atoms with Crippen molar-refractivity contribution in [2.24, 2.45) is 46.8 Å². The smallest absolute Gasteiger partial charge is 0.306 e. The highest BCUT2D eigenvalue weighted by Crippen LogP contribution is 2.78. The number of ether oxygens (including phenoxy) is 1. The molecule has 6 nitrogen and oxygen atoms in total. The van der Waals surface area contributed by atoms with Crippen LogP contribution in [0.25, 0.3) is 0 Å². The van der Waals surface area contributed by atoms with Crippen LogP contribution in [0.3, 0.4) is 0 Å². The maximum Gasteiger partial charge on any atom is 0.306 e. The Morgan fingerprint density at radius 2 is 1.78 bits per heavy atom. The molecule has 1 aromatic carbocycles. The standard InChI is InChI=1S/C30H36O6S/c1-17-3-6-20(7-4-17)37(33,34)35-16-18-13-24-22(21-8-5-19(31)14-23(18)21)9-11-29(2)28(24)25-15-26(25)30(29)12-10-27(32)36-30/h3-4,6-7,14,18,21-22,24-26,28H,5,8-13,15-16H2,1-2H3/t18?,21?,22?,24?,25-,26+,28?,29?,30-/m0/s1. The van der Waals surface area contributed by atoms with E-state index < -0.39 is 10.1 Å². The summed E-state index contributed by atoms with van der Waals surface area (Å²) >= 11 is 0. The lowest BCUT2D eigenvalue weighted by atomic mass is 9.47. The van der Waals surface area contributed by atoms with Crippen LogP contribution in [0.4, 0.5) is 0 Å². The van der Waals surface area contributed by atoms with E-state index in [0.717, 1.165) is 49.7 Å². The van der Waals surface area contributed by atoms with Crippen molar-refractivity contribution in [3.05, 3.63) is 41.5 Å². The van der Waals surface area contributed by atoms with Gasteiger partial charge in [-0.2, -0.15) is 8.42 Å². The zero-order valence-electron chi connectivity index (χ0n) is 21.6. The number of carbonyl (C=O) groups is 2. The van der Waals surface area contributed by atoms with Gasteiger partial charge in [0.1, 0.15) is 5.60 Å². The first-order chi connectivity index (χ1) is 17.6. The van der Waals surface area contributed by atoms with Gasteiger partial charge in [-0.25, -0.2) is 0 Å². The van der Waals surface area contributed by atoms with Crippen LogP contribution in [0.15, 0.2) is 40.8 Å². The van der Waals surface area contributed by atoms with Gasteiger partial charge in [-0.1, -0.05) is 30.2 Å². The molecule has 4 saturated carbocycles. The summed E-state index contributed by atoms with van der Waals surface area (Å²) in [6.45, 7) is 4.37. The predicted molar refractivity (Wildman–Crippen MR) is 136 cm³/mol.